The molecule has 140 valence electrons. The summed E-state index contributed by atoms with van der Waals surface area (Å²) in [4.78, 5) is 24.9. The second-order valence-corrected chi connectivity index (χ2v) is 8.35. The molecule has 0 atom stereocenters. The first-order valence-corrected chi connectivity index (χ1v) is 10.1. The van der Waals surface area contributed by atoms with Crippen LogP contribution in [0.25, 0.3) is 21.8 Å². The van der Waals surface area contributed by atoms with E-state index in [-0.39, 0.29) is 4.32 Å². The van der Waals surface area contributed by atoms with Crippen LogP contribution in [0.3, 0.4) is 0 Å². The Balaban J connectivity index is 1.63. The smallest absolute Gasteiger partial charge is 0.323 e. The van der Waals surface area contributed by atoms with E-state index in [9.17, 15) is 9.59 Å². The van der Waals surface area contributed by atoms with Crippen molar-refractivity contribution >= 4 is 57.6 Å². The maximum Gasteiger partial charge on any atom is 0.323 e. The van der Waals surface area contributed by atoms with E-state index in [4.69, 9.17) is 17.3 Å². The van der Waals surface area contributed by atoms with E-state index in [1.807, 2.05) is 53.2 Å². The van der Waals surface area contributed by atoms with Crippen LogP contribution in [0, 0.1) is 0 Å². The Kier molecular flexibility index (Phi) is 5.07. The number of carboxylic acid groups (broad SMARTS) is 1. The summed E-state index contributed by atoms with van der Waals surface area (Å²) < 4.78 is 2.06. The highest BCUT2D eigenvalue weighted by atomic mass is 32.2. The topological polar surface area (TPSA) is 88.3 Å². The molecule has 1 amide bonds. The average Bonchev–Trinajstić information content (AvgIpc) is 3.39. The van der Waals surface area contributed by atoms with Gasteiger partial charge in [0.05, 0.1) is 4.91 Å². The lowest BCUT2D eigenvalue weighted by Gasteiger charge is -2.10. The molecule has 4 rings (SSSR count). The van der Waals surface area contributed by atoms with Gasteiger partial charge < -0.3 is 5.11 Å². The molecule has 0 spiro atoms. The van der Waals surface area contributed by atoms with E-state index >= 15 is 0 Å². The highest BCUT2D eigenvalue weighted by Gasteiger charge is 2.33. The first-order chi connectivity index (χ1) is 13.5. The lowest BCUT2D eigenvalue weighted by atomic mass is 10.2. The minimum absolute atomic E-state index is 0.235. The quantitative estimate of drug-likeness (QED) is 0.493. The fraction of sp³-hybridized carbons (Fsp3) is 0.0556. The van der Waals surface area contributed by atoms with Crippen molar-refractivity contribution in [2.24, 2.45) is 0 Å². The zero-order chi connectivity index (χ0) is 19.7. The Hall–Kier alpha value is -2.82. The lowest BCUT2D eigenvalue weighted by molar-refractivity contribution is -0.140. The predicted octanol–water partition coefficient (Wildman–Crippen LogP) is 3.28. The first kappa shape index (κ1) is 18.5. The molecule has 1 fully saturated rings. The molecule has 1 aliphatic rings. The number of carbonyl (C=O) groups is 2. The number of amides is 1. The van der Waals surface area contributed by atoms with E-state index in [1.165, 1.54) is 11.3 Å². The van der Waals surface area contributed by atoms with Gasteiger partial charge in [-0.25, -0.2) is 0 Å². The number of aromatic nitrogens is 3. The van der Waals surface area contributed by atoms with Crippen molar-refractivity contribution in [2.75, 3.05) is 6.54 Å². The summed E-state index contributed by atoms with van der Waals surface area (Å²) in [5.41, 5.74) is 1.71. The zero-order valence-corrected chi connectivity index (χ0v) is 16.6. The van der Waals surface area contributed by atoms with Gasteiger partial charge in [-0.3, -0.25) is 19.1 Å². The molecular formula is C18H12N4O3S3. The SMILES string of the molecule is O=C(O)CN1C(=O)C(=Cc2cccn2-c2nnc(-c3ccccc3)s2)SC1=S. The Morgan fingerprint density at radius 2 is 1.96 bits per heavy atom. The maximum atomic E-state index is 12.5. The molecule has 0 radical (unpaired) electrons. The standard InChI is InChI=1S/C18H12N4O3S3/c23-14(24)10-22-16(25)13(27-18(22)26)9-12-7-4-8-21(12)17-20-19-15(28-17)11-5-2-1-3-6-11/h1-9H,10H2,(H,23,24). The number of rotatable bonds is 5. The molecule has 28 heavy (non-hydrogen) atoms. The Labute approximate surface area is 173 Å². The third kappa shape index (κ3) is 3.61. The van der Waals surface area contributed by atoms with Crippen molar-refractivity contribution in [3.8, 4) is 15.7 Å². The average molecular weight is 429 g/mol. The van der Waals surface area contributed by atoms with E-state index in [2.05, 4.69) is 10.2 Å². The van der Waals surface area contributed by atoms with E-state index in [1.54, 1.807) is 6.08 Å². The van der Waals surface area contributed by atoms with E-state index in [0.29, 0.717) is 10.0 Å². The zero-order valence-electron chi connectivity index (χ0n) is 14.2. The minimum atomic E-state index is -1.11. The van der Waals surface area contributed by atoms with Gasteiger partial charge in [-0.1, -0.05) is 65.6 Å². The molecule has 2 aromatic heterocycles. The van der Waals surface area contributed by atoms with Gasteiger partial charge in [0, 0.05) is 17.5 Å². The molecule has 1 N–H and O–H groups in total. The molecule has 1 saturated heterocycles. The lowest BCUT2D eigenvalue weighted by Crippen LogP contribution is -2.33. The number of carbonyl (C=O) groups excluding carboxylic acids is 1. The van der Waals surface area contributed by atoms with Gasteiger partial charge >= 0.3 is 5.97 Å². The number of thioether (sulfide) groups is 1. The Morgan fingerprint density at radius 1 is 1.18 bits per heavy atom. The summed E-state index contributed by atoms with van der Waals surface area (Å²) in [7, 11) is 0. The van der Waals surface area contributed by atoms with Crippen LogP contribution in [0.1, 0.15) is 5.69 Å². The summed E-state index contributed by atoms with van der Waals surface area (Å²) in [6, 6.07) is 13.4. The van der Waals surface area contributed by atoms with E-state index < -0.39 is 18.4 Å². The number of hydrogen-bond acceptors (Lipinski definition) is 7. The van der Waals surface area contributed by atoms with Crippen molar-refractivity contribution in [1.82, 2.24) is 19.7 Å². The molecule has 7 nitrogen and oxygen atoms in total. The van der Waals surface area contributed by atoms with Crippen molar-refractivity contribution in [1.29, 1.82) is 0 Å². The summed E-state index contributed by atoms with van der Waals surface area (Å²) in [5.74, 6) is -1.52. The van der Waals surface area contributed by atoms with Crippen LogP contribution in [-0.2, 0) is 9.59 Å². The number of aliphatic carboxylic acids is 1. The molecule has 0 aliphatic carbocycles. The number of nitrogens with zero attached hydrogens (tertiary/aromatic N) is 4. The normalized spacial score (nSPS) is 15.6. The highest BCUT2D eigenvalue weighted by molar-refractivity contribution is 8.26. The fourth-order valence-electron chi connectivity index (χ4n) is 2.60. The molecule has 0 saturated carbocycles. The summed E-state index contributed by atoms with van der Waals surface area (Å²) >= 11 is 7.65. The van der Waals surface area contributed by atoms with Crippen LogP contribution in [0.15, 0.2) is 53.6 Å². The van der Waals surface area contributed by atoms with Crippen molar-refractivity contribution < 1.29 is 14.7 Å². The molecule has 10 heteroatoms. The van der Waals surface area contributed by atoms with Gasteiger partial charge in [0.1, 0.15) is 15.9 Å². The van der Waals surface area contributed by atoms with Gasteiger partial charge in [-0.15, -0.1) is 10.2 Å². The molecule has 1 aliphatic heterocycles. The van der Waals surface area contributed by atoms with Gasteiger partial charge in [0.2, 0.25) is 5.13 Å². The second kappa shape index (κ2) is 7.66. The van der Waals surface area contributed by atoms with E-state index in [0.717, 1.165) is 32.9 Å². The second-order valence-electron chi connectivity index (χ2n) is 5.72. The van der Waals surface area contributed by atoms with Crippen LogP contribution < -0.4 is 0 Å². The summed E-state index contributed by atoms with van der Waals surface area (Å²) in [6.45, 7) is -0.445. The number of thiocarbonyl (C=S) groups is 1. The number of carboxylic acids is 1. The summed E-state index contributed by atoms with van der Waals surface area (Å²) in [6.07, 6.45) is 3.52. The monoisotopic (exact) mass is 428 g/mol. The van der Waals surface area contributed by atoms with Gasteiger partial charge in [0.25, 0.3) is 5.91 Å². The molecular weight excluding hydrogens is 416 g/mol. The number of benzene rings is 1. The van der Waals surface area contributed by atoms with Crippen molar-refractivity contribution in [2.45, 2.75) is 0 Å². The Morgan fingerprint density at radius 3 is 2.71 bits per heavy atom. The molecule has 0 unspecified atom stereocenters. The fourth-order valence-corrected chi connectivity index (χ4v) is 4.70. The van der Waals surface area contributed by atoms with Crippen LogP contribution in [0.5, 0.6) is 0 Å². The summed E-state index contributed by atoms with van der Waals surface area (Å²) in [5, 5.41) is 18.9. The molecule has 1 aromatic carbocycles. The maximum absolute atomic E-state index is 12.5. The van der Waals surface area contributed by atoms with Crippen LogP contribution >= 0.6 is 35.3 Å². The molecule has 0 bridgehead atoms. The van der Waals surface area contributed by atoms with Crippen LogP contribution in [0.4, 0.5) is 0 Å². The molecule has 3 aromatic rings. The van der Waals surface area contributed by atoms with Gasteiger partial charge in [0.15, 0.2) is 0 Å². The highest BCUT2D eigenvalue weighted by Crippen LogP contribution is 2.33. The van der Waals surface area contributed by atoms with Crippen molar-refractivity contribution in [3.63, 3.8) is 0 Å². The third-order valence-corrected chi connectivity index (χ3v) is 6.22. The van der Waals surface area contributed by atoms with Gasteiger partial charge in [-0.05, 0) is 18.2 Å². The van der Waals surface area contributed by atoms with Gasteiger partial charge in [-0.2, -0.15) is 0 Å². The third-order valence-electron chi connectivity index (χ3n) is 3.87. The largest absolute Gasteiger partial charge is 0.480 e. The van der Waals surface area contributed by atoms with Crippen LogP contribution in [-0.4, -0.2) is 47.5 Å². The minimum Gasteiger partial charge on any atom is -0.480 e. The van der Waals surface area contributed by atoms with Crippen LogP contribution in [0.2, 0.25) is 0 Å². The number of hydrogen-bond donors (Lipinski definition) is 1. The Bertz CT molecular complexity index is 1100. The van der Waals surface area contributed by atoms with Crippen molar-refractivity contribution in [3.05, 3.63) is 59.3 Å². The first-order valence-electron chi connectivity index (χ1n) is 8.07. The molecule has 3 heterocycles. The predicted molar refractivity (Wildman–Crippen MR) is 112 cm³/mol.